The van der Waals surface area contributed by atoms with Crippen LogP contribution in [0.3, 0.4) is 0 Å². The minimum absolute atomic E-state index is 0.138. The second kappa shape index (κ2) is 7.89. The monoisotopic (exact) mass is 441 g/mol. The molecule has 1 aliphatic heterocycles. The Labute approximate surface area is 180 Å². The highest BCUT2D eigenvalue weighted by molar-refractivity contribution is 7.84. The Bertz CT molecular complexity index is 1210. The van der Waals surface area contributed by atoms with E-state index >= 15 is 0 Å². The lowest BCUT2D eigenvalue weighted by Gasteiger charge is -2.36. The van der Waals surface area contributed by atoms with Gasteiger partial charge in [0.1, 0.15) is 23.2 Å². The van der Waals surface area contributed by atoms with Gasteiger partial charge < -0.3 is 14.6 Å². The lowest BCUT2D eigenvalue weighted by atomic mass is 10.1. The summed E-state index contributed by atoms with van der Waals surface area (Å²) in [6, 6.07) is 18.6. The van der Waals surface area contributed by atoms with E-state index in [1.807, 2.05) is 12.1 Å². The van der Waals surface area contributed by atoms with Crippen LogP contribution in [0.4, 0.5) is 18.9 Å². The lowest BCUT2D eigenvalue weighted by molar-refractivity contribution is -0.137. The van der Waals surface area contributed by atoms with Crippen LogP contribution in [0, 0.1) is 11.3 Å². The molecule has 1 atom stereocenters. The number of nitrogens with one attached hydrogen (secondary N) is 1. The van der Waals surface area contributed by atoms with Gasteiger partial charge in [0.2, 0.25) is 0 Å². The number of benzene rings is 2. The molecule has 1 aliphatic rings. The van der Waals surface area contributed by atoms with Crippen LogP contribution in [0.25, 0.3) is 11.3 Å². The van der Waals surface area contributed by atoms with E-state index < -0.39 is 23.8 Å². The molecule has 3 aromatic rings. The highest BCUT2D eigenvalue weighted by Crippen LogP contribution is 2.38. The van der Waals surface area contributed by atoms with Crippen molar-refractivity contribution in [2.24, 2.45) is 0 Å². The standard InChI is InChI=1S/C22H14F3N3O2S/c23-22(24,25)14-6-4-5-13(11-14)17-9-10-18(30-17)19-27-20(29)16(12-26)21(31)28(19)15-7-2-1-3-8-15/h1-11,19,31H,(H,27,29)/t19-/m0/s1. The maximum Gasteiger partial charge on any atom is 0.416 e. The third-order valence-corrected chi connectivity index (χ3v) is 5.16. The van der Waals surface area contributed by atoms with Crippen LogP contribution >= 0.6 is 12.6 Å². The van der Waals surface area contributed by atoms with Crippen molar-refractivity contribution in [3.8, 4) is 17.4 Å². The summed E-state index contributed by atoms with van der Waals surface area (Å²) in [4.78, 5) is 14.0. The van der Waals surface area contributed by atoms with Gasteiger partial charge in [-0.25, -0.2) is 0 Å². The van der Waals surface area contributed by atoms with E-state index in [-0.39, 0.29) is 27.7 Å². The molecular weight excluding hydrogens is 427 g/mol. The molecular formula is C22H14F3N3O2S. The number of thiol groups is 1. The zero-order chi connectivity index (χ0) is 22.2. The SMILES string of the molecule is N#CC1=C(S)N(c2ccccc2)[C@@H](c2ccc(-c3cccc(C(F)(F)F)c3)o2)NC1=O. The van der Waals surface area contributed by atoms with Crippen LogP contribution in [0.1, 0.15) is 17.5 Å². The van der Waals surface area contributed by atoms with E-state index in [4.69, 9.17) is 4.42 Å². The normalized spacial score (nSPS) is 16.8. The summed E-state index contributed by atoms with van der Waals surface area (Å²) >= 11 is 4.39. The molecule has 156 valence electrons. The number of amides is 1. The summed E-state index contributed by atoms with van der Waals surface area (Å²) in [5, 5.41) is 12.2. The summed E-state index contributed by atoms with van der Waals surface area (Å²) in [5.74, 6) is -0.144. The van der Waals surface area contributed by atoms with Crippen molar-refractivity contribution in [1.29, 1.82) is 5.26 Å². The van der Waals surface area contributed by atoms with E-state index in [0.717, 1.165) is 12.1 Å². The van der Waals surface area contributed by atoms with Crippen LogP contribution < -0.4 is 10.2 Å². The van der Waals surface area contributed by atoms with E-state index in [9.17, 15) is 23.2 Å². The van der Waals surface area contributed by atoms with Gasteiger partial charge in [-0.3, -0.25) is 4.79 Å². The van der Waals surface area contributed by atoms with Crippen LogP contribution in [-0.2, 0) is 11.0 Å². The number of anilines is 1. The number of alkyl halides is 3. The molecule has 0 bridgehead atoms. The fourth-order valence-corrected chi connectivity index (χ4v) is 3.65. The van der Waals surface area contributed by atoms with Crippen molar-refractivity contribution in [3.05, 3.63) is 88.7 Å². The predicted octanol–water partition coefficient (Wildman–Crippen LogP) is 5.27. The van der Waals surface area contributed by atoms with E-state index in [1.54, 1.807) is 35.2 Å². The molecule has 1 amide bonds. The maximum absolute atomic E-state index is 13.1. The van der Waals surface area contributed by atoms with Crippen molar-refractivity contribution in [2.75, 3.05) is 4.90 Å². The average Bonchev–Trinajstić information content (AvgIpc) is 3.24. The second-order valence-corrected chi connectivity index (χ2v) is 7.10. The summed E-state index contributed by atoms with van der Waals surface area (Å²) in [6.45, 7) is 0. The molecule has 5 nitrogen and oxygen atoms in total. The summed E-state index contributed by atoms with van der Waals surface area (Å²) in [7, 11) is 0. The number of hydrogen-bond acceptors (Lipinski definition) is 5. The van der Waals surface area contributed by atoms with Crippen LogP contribution in [0.15, 0.2) is 81.7 Å². The Morgan fingerprint density at radius 3 is 2.48 bits per heavy atom. The number of para-hydroxylation sites is 1. The zero-order valence-electron chi connectivity index (χ0n) is 15.7. The number of rotatable bonds is 3. The van der Waals surface area contributed by atoms with Crippen LogP contribution in [0.2, 0.25) is 0 Å². The van der Waals surface area contributed by atoms with Gasteiger partial charge in [-0.15, -0.1) is 12.6 Å². The number of hydrogen-bond donors (Lipinski definition) is 2. The predicted molar refractivity (Wildman–Crippen MR) is 111 cm³/mol. The molecule has 4 rings (SSSR count). The Morgan fingerprint density at radius 2 is 1.81 bits per heavy atom. The van der Waals surface area contributed by atoms with Gasteiger partial charge in [-0.05, 0) is 36.4 Å². The molecule has 2 heterocycles. The molecule has 0 spiro atoms. The fourth-order valence-electron chi connectivity index (χ4n) is 3.27. The van der Waals surface area contributed by atoms with Crippen molar-refractivity contribution in [3.63, 3.8) is 0 Å². The molecule has 2 aromatic carbocycles. The lowest BCUT2D eigenvalue weighted by Crippen LogP contribution is -2.45. The van der Waals surface area contributed by atoms with Crippen molar-refractivity contribution < 1.29 is 22.4 Å². The average molecular weight is 441 g/mol. The number of furan rings is 1. The number of nitriles is 1. The molecule has 1 N–H and O–H groups in total. The highest BCUT2D eigenvalue weighted by Gasteiger charge is 2.36. The number of nitrogens with zero attached hydrogens (tertiary/aromatic N) is 2. The quantitative estimate of drug-likeness (QED) is 0.544. The summed E-state index contributed by atoms with van der Waals surface area (Å²) in [5.41, 5.74) is -0.0664. The molecule has 1 aromatic heterocycles. The number of carbonyl (C=O) groups excluding carboxylic acids is 1. The Morgan fingerprint density at radius 1 is 1.06 bits per heavy atom. The van der Waals surface area contributed by atoms with Crippen LogP contribution in [0.5, 0.6) is 0 Å². The van der Waals surface area contributed by atoms with E-state index in [2.05, 4.69) is 17.9 Å². The second-order valence-electron chi connectivity index (χ2n) is 6.67. The first-order valence-electron chi connectivity index (χ1n) is 9.05. The van der Waals surface area contributed by atoms with Crippen molar-refractivity contribution in [1.82, 2.24) is 5.32 Å². The number of carbonyl (C=O) groups is 1. The van der Waals surface area contributed by atoms with Gasteiger partial charge in [-0.2, -0.15) is 18.4 Å². The first kappa shape index (κ1) is 20.6. The largest absolute Gasteiger partial charge is 0.457 e. The fraction of sp³-hybridized carbons (Fsp3) is 0.0909. The minimum Gasteiger partial charge on any atom is -0.457 e. The maximum atomic E-state index is 13.1. The summed E-state index contributed by atoms with van der Waals surface area (Å²) in [6.07, 6.45) is -5.33. The molecule has 0 radical (unpaired) electrons. The minimum atomic E-state index is -4.48. The molecule has 0 saturated heterocycles. The van der Waals surface area contributed by atoms with Gasteiger partial charge >= 0.3 is 6.18 Å². The Balaban J connectivity index is 1.76. The Hall–Kier alpha value is -3.64. The number of halogens is 3. The zero-order valence-corrected chi connectivity index (χ0v) is 16.6. The van der Waals surface area contributed by atoms with E-state index in [1.165, 1.54) is 18.2 Å². The van der Waals surface area contributed by atoms with E-state index in [0.29, 0.717) is 5.69 Å². The van der Waals surface area contributed by atoms with Gasteiger partial charge in [-0.1, -0.05) is 30.3 Å². The first-order valence-corrected chi connectivity index (χ1v) is 9.50. The Kier molecular flexibility index (Phi) is 5.25. The molecule has 0 aliphatic carbocycles. The summed E-state index contributed by atoms with van der Waals surface area (Å²) < 4.78 is 45.0. The van der Waals surface area contributed by atoms with Gasteiger partial charge in [0.15, 0.2) is 6.17 Å². The topological polar surface area (TPSA) is 69.3 Å². The van der Waals surface area contributed by atoms with Gasteiger partial charge in [0.05, 0.1) is 10.6 Å². The molecule has 0 fully saturated rings. The van der Waals surface area contributed by atoms with Crippen LogP contribution in [-0.4, -0.2) is 5.91 Å². The smallest absolute Gasteiger partial charge is 0.416 e. The molecule has 0 unspecified atom stereocenters. The molecule has 9 heteroatoms. The molecule has 0 saturated carbocycles. The third kappa shape index (κ3) is 3.90. The van der Waals surface area contributed by atoms with Gasteiger partial charge in [0.25, 0.3) is 5.91 Å². The van der Waals surface area contributed by atoms with Gasteiger partial charge in [0, 0.05) is 11.3 Å². The van der Waals surface area contributed by atoms with Crippen molar-refractivity contribution >= 4 is 24.2 Å². The third-order valence-electron chi connectivity index (χ3n) is 4.72. The first-order chi connectivity index (χ1) is 14.8. The van der Waals surface area contributed by atoms with Crippen molar-refractivity contribution in [2.45, 2.75) is 12.3 Å². The highest BCUT2D eigenvalue weighted by atomic mass is 32.1. The molecule has 31 heavy (non-hydrogen) atoms.